The van der Waals surface area contributed by atoms with E-state index in [0.29, 0.717) is 23.6 Å². The highest BCUT2D eigenvalue weighted by Crippen LogP contribution is 2.47. The summed E-state index contributed by atoms with van der Waals surface area (Å²) in [5, 5.41) is 0. The molecule has 1 aromatic carbocycles. The highest BCUT2D eigenvalue weighted by molar-refractivity contribution is 5.94. The lowest BCUT2D eigenvalue weighted by Crippen LogP contribution is -2.60. The number of benzene rings is 1. The van der Waals surface area contributed by atoms with E-state index in [-0.39, 0.29) is 29.5 Å². The standard InChI is InChI=1S/C21H21F2N3O2/c22-16-3-1-2-14(18(16)23)15-11-26(21(28)13-4-5-17(27)24-10-13)19-12-6-8-25(9-7-12)20(15)19/h1-5,10,12,15,19-20H,6-9,11H2,(H,24,27)/t15-,19+,20+/m1/s1. The van der Waals surface area contributed by atoms with Crippen LogP contribution in [0.2, 0.25) is 0 Å². The first-order chi connectivity index (χ1) is 13.5. The van der Waals surface area contributed by atoms with Gasteiger partial charge in [0.1, 0.15) is 0 Å². The van der Waals surface area contributed by atoms with Gasteiger partial charge in [-0.1, -0.05) is 12.1 Å². The summed E-state index contributed by atoms with van der Waals surface area (Å²) in [6, 6.07) is 7.13. The third kappa shape index (κ3) is 2.60. The maximum Gasteiger partial charge on any atom is 0.255 e. The number of aromatic amines is 1. The first kappa shape index (κ1) is 17.6. The monoisotopic (exact) mass is 385 g/mol. The Morgan fingerprint density at radius 1 is 1.07 bits per heavy atom. The molecule has 6 rings (SSSR count). The molecule has 0 saturated carbocycles. The van der Waals surface area contributed by atoms with Crippen LogP contribution in [0.5, 0.6) is 0 Å². The molecule has 0 radical (unpaired) electrons. The normalized spacial score (nSPS) is 31.1. The number of likely N-dealkylation sites (tertiary alicyclic amines) is 1. The fraction of sp³-hybridized carbons (Fsp3) is 0.429. The lowest BCUT2D eigenvalue weighted by atomic mass is 9.75. The summed E-state index contributed by atoms with van der Waals surface area (Å²) in [5.74, 6) is -1.74. The Labute approximate surface area is 161 Å². The van der Waals surface area contributed by atoms with Crippen molar-refractivity contribution in [2.24, 2.45) is 5.92 Å². The van der Waals surface area contributed by atoms with Crippen LogP contribution in [0.3, 0.4) is 0 Å². The molecule has 0 unspecified atom stereocenters. The van der Waals surface area contributed by atoms with E-state index in [4.69, 9.17) is 0 Å². The van der Waals surface area contributed by atoms with Crippen LogP contribution in [0, 0.1) is 17.6 Å². The van der Waals surface area contributed by atoms with E-state index in [1.807, 2.05) is 4.90 Å². The maximum absolute atomic E-state index is 14.6. The fourth-order valence-corrected chi connectivity index (χ4v) is 5.44. The zero-order chi connectivity index (χ0) is 19.4. The van der Waals surface area contributed by atoms with Crippen LogP contribution in [0.25, 0.3) is 0 Å². The number of aromatic nitrogens is 1. The second-order valence-electron chi connectivity index (χ2n) is 8.00. The van der Waals surface area contributed by atoms with Gasteiger partial charge in [0.25, 0.3) is 5.91 Å². The van der Waals surface area contributed by atoms with Crippen LogP contribution >= 0.6 is 0 Å². The van der Waals surface area contributed by atoms with Gasteiger partial charge in [0, 0.05) is 30.8 Å². The number of fused-ring (bicyclic) bond motifs is 2. The smallest absolute Gasteiger partial charge is 0.255 e. The van der Waals surface area contributed by atoms with Crippen LogP contribution in [0.15, 0.2) is 41.3 Å². The van der Waals surface area contributed by atoms with Crippen molar-refractivity contribution in [3.63, 3.8) is 0 Å². The molecule has 0 aliphatic carbocycles. The average Bonchev–Trinajstić information content (AvgIpc) is 3.14. The summed E-state index contributed by atoms with van der Waals surface area (Å²) in [5.41, 5.74) is 0.493. The van der Waals surface area contributed by atoms with E-state index in [2.05, 4.69) is 9.88 Å². The SMILES string of the molecule is O=C(c1ccc(=O)[nH]c1)N1C[C@H](c2cccc(F)c2F)[C@H]2[C@@H]1C1CCN2CC1. The highest BCUT2D eigenvalue weighted by Gasteiger charge is 2.55. The quantitative estimate of drug-likeness (QED) is 0.864. The highest BCUT2D eigenvalue weighted by atomic mass is 19.2. The Morgan fingerprint density at radius 2 is 1.86 bits per heavy atom. The minimum atomic E-state index is -0.851. The van der Waals surface area contributed by atoms with Gasteiger partial charge in [-0.15, -0.1) is 0 Å². The zero-order valence-electron chi connectivity index (χ0n) is 15.3. The number of hydrogen-bond donors (Lipinski definition) is 1. The first-order valence-electron chi connectivity index (χ1n) is 9.72. The lowest BCUT2D eigenvalue weighted by molar-refractivity contribution is -0.00360. The largest absolute Gasteiger partial charge is 0.333 e. The second-order valence-corrected chi connectivity index (χ2v) is 8.00. The van der Waals surface area contributed by atoms with Crippen molar-refractivity contribution in [2.75, 3.05) is 19.6 Å². The predicted octanol–water partition coefficient (Wildman–Crippen LogP) is 2.36. The number of halogens is 2. The Morgan fingerprint density at radius 3 is 2.57 bits per heavy atom. The predicted molar refractivity (Wildman–Crippen MR) is 99.1 cm³/mol. The number of pyridine rings is 1. The molecule has 5 nitrogen and oxygen atoms in total. The fourth-order valence-electron chi connectivity index (χ4n) is 5.44. The number of carbonyl (C=O) groups is 1. The van der Waals surface area contributed by atoms with E-state index < -0.39 is 11.6 Å². The molecule has 2 bridgehead atoms. The molecule has 5 heterocycles. The Hall–Kier alpha value is -2.54. The van der Waals surface area contributed by atoms with Crippen LogP contribution in [-0.2, 0) is 0 Å². The Kier molecular flexibility index (Phi) is 4.08. The number of hydrogen-bond acceptors (Lipinski definition) is 3. The third-order valence-electron chi connectivity index (χ3n) is 6.67. The number of carbonyl (C=O) groups excluding carboxylic acids is 1. The average molecular weight is 385 g/mol. The number of H-pyrrole nitrogens is 1. The molecular weight excluding hydrogens is 364 g/mol. The van der Waals surface area contributed by atoms with Crippen LogP contribution in [0.4, 0.5) is 8.78 Å². The number of nitrogens with one attached hydrogen (secondary N) is 1. The molecule has 2 aromatic rings. The van der Waals surface area contributed by atoms with Gasteiger partial charge in [0.2, 0.25) is 5.56 Å². The molecule has 1 aromatic heterocycles. The summed E-state index contributed by atoms with van der Waals surface area (Å²) in [4.78, 5) is 31.3. The van der Waals surface area contributed by atoms with Crippen molar-refractivity contribution < 1.29 is 13.6 Å². The number of rotatable bonds is 2. The van der Waals surface area contributed by atoms with Crippen molar-refractivity contribution >= 4 is 5.91 Å². The molecule has 7 heteroatoms. The number of amides is 1. The van der Waals surface area contributed by atoms with E-state index in [1.165, 1.54) is 24.4 Å². The molecule has 1 amide bonds. The van der Waals surface area contributed by atoms with E-state index >= 15 is 0 Å². The molecule has 146 valence electrons. The van der Waals surface area contributed by atoms with Crippen LogP contribution in [0.1, 0.15) is 34.7 Å². The summed E-state index contributed by atoms with van der Waals surface area (Å²) < 4.78 is 28.5. The maximum atomic E-state index is 14.6. The van der Waals surface area contributed by atoms with Gasteiger partial charge in [0.05, 0.1) is 11.6 Å². The van der Waals surface area contributed by atoms with Crippen molar-refractivity contribution in [3.05, 3.63) is 69.6 Å². The Bertz CT molecular complexity index is 963. The van der Waals surface area contributed by atoms with Crippen molar-refractivity contribution in [2.45, 2.75) is 30.8 Å². The molecule has 4 aliphatic rings. The van der Waals surface area contributed by atoms with Crippen molar-refractivity contribution in [1.29, 1.82) is 0 Å². The summed E-state index contributed by atoms with van der Waals surface area (Å²) in [6.07, 6.45) is 3.45. The van der Waals surface area contributed by atoms with E-state index in [9.17, 15) is 18.4 Å². The van der Waals surface area contributed by atoms with Gasteiger partial charge in [-0.05, 0) is 49.5 Å². The second kappa shape index (κ2) is 6.51. The van der Waals surface area contributed by atoms with Crippen LogP contribution < -0.4 is 5.56 Å². The van der Waals surface area contributed by atoms with Crippen molar-refractivity contribution in [1.82, 2.24) is 14.8 Å². The van der Waals surface area contributed by atoms with Gasteiger partial charge in [-0.3, -0.25) is 14.5 Å². The number of piperidine rings is 3. The van der Waals surface area contributed by atoms with Gasteiger partial charge < -0.3 is 9.88 Å². The third-order valence-corrected chi connectivity index (χ3v) is 6.67. The summed E-state index contributed by atoms with van der Waals surface area (Å²) in [7, 11) is 0. The molecular formula is C21H21F2N3O2. The summed E-state index contributed by atoms with van der Waals surface area (Å²) >= 11 is 0. The molecule has 3 atom stereocenters. The Balaban J connectivity index is 1.55. The topological polar surface area (TPSA) is 56.4 Å². The number of nitrogens with zero attached hydrogens (tertiary/aromatic N) is 2. The van der Waals surface area contributed by atoms with E-state index in [1.54, 1.807) is 6.07 Å². The van der Waals surface area contributed by atoms with Gasteiger partial charge >= 0.3 is 0 Å². The summed E-state index contributed by atoms with van der Waals surface area (Å²) in [6.45, 7) is 2.21. The minimum Gasteiger partial charge on any atom is -0.333 e. The molecule has 0 spiro atoms. The zero-order valence-corrected chi connectivity index (χ0v) is 15.3. The molecule has 4 fully saturated rings. The molecule has 1 N–H and O–H groups in total. The minimum absolute atomic E-state index is 0.00416. The lowest BCUT2D eigenvalue weighted by Gasteiger charge is -2.51. The molecule has 4 saturated heterocycles. The van der Waals surface area contributed by atoms with E-state index in [0.717, 1.165) is 32.0 Å². The molecule has 4 aliphatic heterocycles. The van der Waals surface area contributed by atoms with Gasteiger partial charge in [-0.2, -0.15) is 0 Å². The van der Waals surface area contributed by atoms with Gasteiger partial charge in [-0.25, -0.2) is 8.78 Å². The molecule has 28 heavy (non-hydrogen) atoms. The van der Waals surface area contributed by atoms with Gasteiger partial charge in [0.15, 0.2) is 11.6 Å². The first-order valence-corrected chi connectivity index (χ1v) is 9.72. The van der Waals surface area contributed by atoms with Crippen molar-refractivity contribution in [3.8, 4) is 0 Å². The van der Waals surface area contributed by atoms with Crippen LogP contribution in [-0.4, -0.2) is 52.4 Å².